The third-order valence-electron chi connectivity index (χ3n) is 3.76. The van der Waals surface area contributed by atoms with Crippen molar-refractivity contribution in [1.82, 2.24) is 9.55 Å². The number of hydrogen-bond acceptors (Lipinski definition) is 3. The average molecular weight is 308 g/mol. The van der Waals surface area contributed by atoms with Gasteiger partial charge in [0.15, 0.2) is 11.5 Å². The van der Waals surface area contributed by atoms with Crippen LogP contribution in [0.3, 0.4) is 0 Å². The molecule has 0 aliphatic rings. The molecule has 1 heterocycles. The lowest BCUT2D eigenvalue weighted by Gasteiger charge is -2.12. The number of hydrogen-bond donors (Lipinski definition) is 0. The summed E-state index contributed by atoms with van der Waals surface area (Å²) in [5.41, 5.74) is 3.36. The Kier molecular flexibility index (Phi) is 4.33. The average Bonchev–Trinajstić information content (AvgIpc) is 3.00. The monoisotopic (exact) mass is 308 g/mol. The standard InChI is InChI=1S/C19H20N2O2/c1-14-4-6-15(7-5-14)13-23-18-12-16(8-9-17(18)22-3)19-20-10-11-21(19)2/h4-12H,13H2,1-3H3. The quantitative estimate of drug-likeness (QED) is 0.715. The van der Waals surface area contributed by atoms with Crippen LogP contribution in [0.2, 0.25) is 0 Å². The largest absolute Gasteiger partial charge is 0.493 e. The summed E-state index contributed by atoms with van der Waals surface area (Å²) in [6, 6.07) is 14.2. The van der Waals surface area contributed by atoms with Crippen LogP contribution in [-0.2, 0) is 13.7 Å². The van der Waals surface area contributed by atoms with Crippen molar-refractivity contribution in [3.8, 4) is 22.9 Å². The number of imidazole rings is 1. The molecule has 0 saturated carbocycles. The summed E-state index contributed by atoms with van der Waals surface area (Å²) in [4.78, 5) is 4.38. The van der Waals surface area contributed by atoms with E-state index in [-0.39, 0.29) is 0 Å². The van der Waals surface area contributed by atoms with Gasteiger partial charge in [-0.05, 0) is 30.7 Å². The van der Waals surface area contributed by atoms with Gasteiger partial charge in [0.05, 0.1) is 7.11 Å². The summed E-state index contributed by atoms with van der Waals surface area (Å²) in [6.07, 6.45) is 3.71. The number of nitrogens with zero attached hydrogens (tertiary/aromatic N) is 2. The summed E-state index contributed by atoms with van der Waals surface area (Å²) < 4.78 is 13.4. The molecule has 0 N–H and O–H groups in total. The lowest BCUT2D eigenvalue weighted by Crippen LogP contribution is -1.99. The summed E-state index contributed by atoms with van der Waals surface area (Å²) in [6.45, 7) is 2.57. The van der Waals surface area contributed by atoms with E-state index >= 15 is 0 Å². The molecule has 0 bridgehead atoms. The molecular formula is C19H20N2O2. The fourth-order valence-electron chi connectivity index (χ4n) is 2.42. The summed E-state index contributed by atoms with van der Waals surface area (Å²) >= 11 is 0. The minimum atomic E-state index is 0.501. The molecule has 0 fully saturated rings. The highest BCUT2D eigenvalue weighted by Gasteiger charge is 2.10. The van der Waals surface area contributed by atoms with Gasteiger partial charge in [0.25, 0.3) is 0 Å². The van der Waals surface area contributed by atoms with Gasteiger partial charge in [0.1, 0.15) is 12.4 Å². The Hall–Kier alpha value is -2.75. The second kappa shape index (κ2) is 6.57. The minimum absolute atomic E-state index is 0.501. The van der Waals surface area contributed by atoms with E-state index in [1.165, 1.54) is 5.56 Å². The molecule has 0 saturated heterocycles. The summed E-state index contributed by atoms with van der Waals surface area (Å²) in [5.74, 6) is 2.33. The topological polar surface area (TPSA) is 36.3 Å². The highest BCUT2D eigenvalue weighted by atomic mass is 16.5. The Bertz CT molecular complexity index is 791. The number of aryl methyl sites for hydroxylation is 2. The van der Waals surface area contributed by atoms with Gasteiger partial charge in [-0.1, -0.05) is 29.8 Å². The molecular weight excluding hydrogens is 288 g/mol. The van der Waals surface area contributed by atoms with Crippen LogP contribution in [0.25, 0.3) is 11.4 Å². The number of methoxy groups -OCH3 is 1. The SMILES string of the molecule is COc1ccc(-c2nccn2C)cc1OCc1ccc(C)cc1. The Morgan fingerprint density at radius 2 is 1.83 bits per heavy atom. The van der Waals surface area contributed by atoms with E-state index in [0.717, 1.165) is 22.7 Å². The Balaban J connectivity index is 1.85. The molecule has 0 unspecified atom stereocenters. The Morgan fingerprint density at radius 1 is 1.04 bits per heavy atom. The van der Waals surface area contributed by atoms with Gasteiger partial charge in [-0.25, -0.2) is 4.98 Å². The van der Waals surface area contributed by atoms with E-state index in [1.54, 1.807) is 13.3 Å². The van der Waals surface area contributed by atoms with E-state index in [1.807, 2.05) is 36.0 Å². The first-order valence-corrected chi connectivity index (χ1v) is 7.51. The smallest absolute Gasteiger partial charge is 0.162 e. The number of benzene rings is 2. The fourth-order valence-corrected chi connectivity index (χ4v) is 2.42. The number of aromatic nitrogens is 2. The van der Waals surface area contributed by atoms with E-state index in [0.29, 0.717) is 12.4 Å². The van der Waals surface area contributed by atoms with Crippen LogP contribution >= 0.6 is 0 Å². The predicted molar refractivity (Wildman–Crippen MR) is 90.7 cm³/mol. The molecule has 4 nitrogen and oxygen atoms in total. The van der Waals surface area contributed by atoms with Gasteiger partial charge in [-0.15, -0.1) is 0 Å². The molecule has 0 radical (unpaired) electrons. The molecule has 4 heteroatoms. The van der Waals surface area contributed by atoms with Crippen LogP contribution in [0.15, 0.2) is 54.9 Å². The van der Waals surface area contributed by atoms with Gasteiger partial charge in [0, 0.05) is 25.0 Å². The van der Waals surface area contributed by atoms with Gasteiger partial charge in [-0.3, -0.25) is 0 Å². The lowest BCUT2D eigenvalue weighted by atomic mass is 10.1. The molecule has 0 atom stereocenters. The van der Waals surface area contributed by atoms with Gasteiger partial charge >= 0.3 is 0 Å². The zero-order chi connectivity index (χ0) is 16.2. The van der Waals surface area contributed by atoms with Gasteiger partial charge in [0.2, 0.25) is 0 Å². The van der Waals surface area contributed by atoms with Crippen molar-refractivity contribution in [2.24, 2.45) is 7.05 Å². The molecule has 0 spiro atoms. The van der Waals surface area contributed by atoms with E-state index in [4.69, 9.17) is 9.47 Å². The molecule has 0 aliphatic heterocycles. The molecule has 0 amide bonds. The normalized spacial score (nSPS) is 10.6. The third-order valence-corrected chi connectivity index (χ3v) is 3.76. The second-order valence-electron chi connectivity index (χ2n) is 5.50. The third kappa shape index (κ3) is 3.37. The van der Waals surface area contributed by atoms with Crippen molar-refractivity contribution in [3.63, 3.8) is 0 Å². The van der Waals surface area contributed by atoms with E-state index in [2.05, 4.69) is 36.2 Å². The number of ether oxygens (including phenoxy) is 2. The zero-order valence-corrected chi connectivity index (χ0v) is 13.6. The summed E-state index contributed by atoms with van der Waals surface area (Å²) in [5, 5.41) is 0. The van der Waals surface area contributed by atoms with E-state index < -0.39 is 0 Å². The molecule has 23 heavy (non-hydrogen) atoms. The molecule has 2 aromatic carbocycles. The fraction of sp³-hybridized carbons (Fsp3) is 0.211. The zero-order valence-electron chi connectivity index (χ0n) is 13.6. The number of rotatable bonds is 5. The van der Waals surface area contributed by atoms with Crippen molar-refractivity contribution in [1.29, 1.82) is 0 Å². The van der Waals surface area contributed by atoms with Crippen molar-refractivity contribution >= 4 is 0 Å². The molecule has 0 aliphatic carbocycles. The van der Waals surface area contributed by atoms with Crippen molar-refractivity contribution in [3.05, 3.63) is 66.0 Å². The maximum atomic E-state index is 5.97. The van der Waals surface area contributed by atoms with Crippen molar-refractivity contribution in [2.45, 2.75) is 13.5 Å². The van der Waals surface area contributed by atoms with Crippen molar-refractivity contribution in [2.75, 3.05) is 7.11 Å². The minimum Gasteiger partial charge on any atom is -0.493 e. The van der Waals surface area contributed by atoms with Gasteiger partial charge in [-0.2, -0.15) is 0 Å². The predicted octanol–water partition coefficient (Wildman–Crippen LogP) is 3.98. The van der Waals surface area contributed by atoms with Gasteiger partial charge < -0.3 is 14.0 Å². The van der Waals surface area contributed by atoms with Crippen LogP contribution < -0.4 is 9.47 Å². The lowest BCUT2D eigenvalue weighted by molar-refractivity contribution is 0.284. The van der Waals surface area contributed by atoms with Crippen LogP contribution in [0.4, 0.5) is 0 Å². The second-order valence-corrected chi connectivity index (χ2v) is 5.50. The first kappa shape index (κ1) is 15.2. The summed E-state index contributed by atoms with van der Waals surface area (Å²) in [7, 11) is 3.62. The molecule has 1 aromatic heterocycles. The highest BCUT2D eigenvalue weighted by molar-refractivity contribution is 5.61. The Labute approximate surface area is 136 Å². The molecule has 3 aromatic rings. The first-order chi connectivity index (χ1) is 11.2. The van der Waals surface area contributed by atoms with Crippen LogP contribution in [-0.4, -0.2) is 16.7 Å². The first-order valence-electron chi connectivity index (χ1n) is 7.51. The molecule has 118 valence electrons. The maximum Gasteiger partial charge on any atom is 0.162 e. The highest BCUT2D eigenvalue weighted by Crippen LogP contribution is 2.32. The van der Waals surface area contributed by atoms with Crippen molar-refractivity contribution < 1.29 is 9.47 Å². The maximum absolute atomic E-state index is 5.97. The van der Waals surface area contributed by atoms with Crippen LogP contribution in [0.5, 0.6) is 11.5 Å². The Morgan fingerprint density at radius 3 is 2.48 bits per heavy atom. The van der Waals surface area contributed by atoms with E-state index in [9.17, 15) is 0 Å². The van der Waals surface area contributed by atoms with Crippen LogP contribution in [0, 0.1) is 6.92 Å². The van der Waals surface area contributed by atoms with Crippen LogP contribution in [0.1, 0.15) is 11.1 Å². The molecule has 3 rings (SSSR count).